The van der Waals surface area contributed by atoms with Crippen LogP contribution in [-0.2, 0) is 16.0 Å². The van der Waals surface area contributed by atoms with Gasteiger partial charge in [-0.3, -0.25) is 10.1 Å². The molecule has 0 bridgehead atoms. The molecular formula is C21H21ClN2O5. The van der Waals surface area contributed by atoms with Gasteiger partial charge >= 0.3 is 12.0 Å². The van der Waals surface area contributed by atoms with Crippen molar-refractivity contribution in [2.75, 3.05) is 6.61 Å². The zero-order chi connectivity index (χ0) is 21.0. The molecule has 1 saturated heterocycles. The van der Waals surface area contributed by atoms with E-state index in [1.54, 1.807) is 37.3 Å². The molecule has 3 rings (SSSR count). The predicted molar refractivity (Wildman–Crippen MR) is 107 cm³/mol. The number of halogens is 1. The van der Waals surface area contributed by atoms with Gasteiger partial charge in [-0.1, -0.05) is 23.7 Å². The zero-order valence-corrected chi connectivity index (χ0v) is 16.8. The lowest BCUT2D eigenvalue weighted by Crippen LogP contribution is -2.43. The predicted octanol–water partition coefficient (Wildman–Crippen LogP) is 3.16. The van der Waals surface area contributed by atoms with Gasteiger partial charge in [-0.25, -0.2) is 9.59 Å². The summed E-state index contributed by atoms with van der Waals surface area (Å²) in [5.74, 6) is 0.112. The summed E-state index contributed by atoms with van der Waals surface area (Å²) < 4.78 is 10.7. The van der Waals surface area contributed by atoms with E-state index in [4.69, 9.17) is 21.1 Å². The van der Waals surface area contributed by atoms with Crippen molar-refractivity contribution in [2.24, 2.45) is 0 Å². The maximum absolute atomic E-state index is 12.0. The van der Waals surface area contributed by atoms with Crippen molar-refractivity contribution >= 4 is 29.5 Å². The second-order valence-electron chi connectivity index (χ2n) is 7.06. The molecule has 2 N–H and O–H groups in total. The summed E-state index contributed by atoms with van der Waals surface area (Å²) in [6.45, 7) is 3.30. The van der Waals surface area contributed by atoms with Gasteiger partial charge in [0, 0.05) is 5.02 Å². The summed E-state index contributed by atoms with van der Waals surface area (Å²) in [7, 11) is 0. The summed E-state index contributed by atoms with van der Waals surface area (Å²) in [6, 6.07) is 11.6. The second-order valence-corrected chi connectivity index (χ2v) is 7.49. The van der Waals surface area contributed by atoms with Crippen LogP contribution in [0.25, 0.3) is 0 Å². The minimum absolute atomic E-state index is 0.225. The molecule has 1 aliphatic rings. The first-order valence-corrected chi connectivity index (χ1v) is 9.45. The Morgan fingerprint density at radius 1 is 1.14 bits per heavy atom. The number of aryl methyl sites for hydroxylation is 2. The first kappa shape index (κ1) is 20.7. The van der Waals surface area contributed by atoms with E-state index in [1.807, 2.05) is 19.1 Å². The Balaban J connectivity index is 1.49. The maximum Gasteiger partial charge on any atom is 0.349 e. The zero-order valence-electron chi connectivity index (χ0n) is 16.1. The van der Waals surface area contributed by atoms with Crippen LogP contribution in [-0.4, -0.2) is 30.1 Å². The van der Waals surface area contributed by atoms with E-state index in [-0.39, 0.29) is 12.5 Å². The molecule has 8 heteroatoms. The van der Waals surface area contributed by atoms with Crippen LogP contribution >= 0.6 is 11.6 Å². The number of urea groups is 1. The number of rotatable bonds is 7. The van der Waals surface area contributed by atoms with Gasteiger partial charge in [-0.2, -0.15) is 0 Å². The fraction of sp³-hybridized carbons (Fsp3) is 0.286. The van der Waals surface area contributed by atoms with Crippen LogP contribution in [0, 0.1) is 6.92 Å². The Bertz CT molecular complexity index is 945. The number of esters is 1. The first-order valence-electron chi connectivity index (χ1n) is 9.07. The van der Waals surface area contributed by atoms with Gasteiger partial charge in [0.05, 0.1) is 0 Å². The van der Waals surface area contributed by atoms with Gasteiger partial charge in [0.15, 0.2) is 6.61 Å². The highest BCUT2D eigenvalue weighted by molar-refractivity contribution is 6.30. The van der Waals surface area contributed by atoms with Crippen molar-refractivity contribution < 1.29 is 23.9 Å². The van der Waals surface area contributed by atoms with Crippen LogP contribution in [0.15, 0.2) is 42.5 Å². The molecule has 1 aliphatic heterocycles. The van der Waals surface area contributed by atoms with E-state index in [9.17, 15) is 14.4 Å². The van der Waals surface area contributed by atoms with Crippen LogP contribution in [0.2, 0.25) is 5.02 Å². The molecule has 1 heterocycles. The van der Waals surface area contributed by atoms with E-state index in [2.05, 4.69) is 10.6 Å². The summed E-state index contributed by atoms with van der Waals surface area (Å²) >= 11 is 5.89. The smallest absolute Gasteiger partial charge is 0.349 e. The standard InChI is InChI=1S/C21H21ClN2O5/c1-13-11-15(22)5-8-17(13)28-12-18(25)29-16-6-3-14(4-7-16)9-10-21(2)19(26)23-20(27)24-21/h3-8,11H,9-10,12H2,1-2H3,(H2,23,24,26,27)/t21-/m1/s1. The van der Waals surface area contributed by atoms with Crippen LogP contribution in [0.1, 0.15) is 24.5 Å². The average Bonchev–Trinajstić information content (AvgIpc) is 2.92. The SMILES string of the molecule is Cc1cc(Cl)ccc1OCC(=O)Oc1ccc(CC[C@@]2(C)NC(=O)NC2=O)cc1. The van der Waals surface area contributed by atoms with E-state index in [1.165, 1.54) is 0 Å². The quantitative estimate of drug-likeness (QED) is 0.411. The molecule has 0 aliphatic carbocycles. The van der Waals surface area contributed by atoms with Crippen LogP contribution in [0.3, 0.4) is 0 Å². The Morgan fingerprint density at radius 3 is 2.48 bits per heavy atom. The molecule has 2 aromatic carbocycles. The largest absolute Gasteiger partial charge is 0.482 e. The number of benzene rings is 2. The van der Waals surface area contributed by atoms with Crippen molar-refractivity contribution in [3.05, 3.63) is 58.6 Å². The Hall–Kier alpha value is -3.06. The van der Waals surface area contributed by atoms with E-state index < -0.39 is 17.5 Å². The molecule has 3 amide bonds. The molecule has 0 spiro atoms. The normalized spacial score (nSPS) is 18.2. The minimum Gasteiger partial charge on any atom is -0.482 e. The van der Waals surface area contributed by atoms with Gasteiger partial charge in [0.1, 0.15) is 17.0 Å². The number of carbonyl (C=O) groups excluding carboxylic acids is 3. The third kappa shape index (κ3) is 5.26. The van der Waals surface area contributed by atoms with E-state index >= 15 is 0 Å². The average molecular weight is 417 g/mol. The maximum atomic E-state index is 12.0. The molecule has 2 aromatic rings. The molecule has 0 radical (unpaired) electrons. The lowest BCUT2D eigenvalue weighted by atomic mass is 9.93. The summed E-state index contributed by atoms with van der Waals surface area (Å²) in [5, 5.41) is 5.47. The third-order valence-corrected chi connectivity index (χ3v) is 4.90. The Labute approximate surface area is 173 Å². The molecule has 1 atom stereocenters. The van der Waals surface area contributed by atoms with Crippen LogP contribution in [0.4, 0.5) is 4.79 Å². The molecule has 0 aromatic heterocycles. The number of ether oxygens (including phenoxy) is 2. The lowest BCUT2D eigenvalue weighted by molar-refractivity contribution is -0.136. The van der Waals surface area contributed by atoms with Gasteiger partial charge < -0.3 is 14.8 Å². The van der Waals surface area contributed by atoms with Crippen molar-refractivity contribution in [1.82, 2.24) is 10.6 Å². The molecule has 1 fully saturated rings. The Kier molecular flexibility index (Phi) is 6.08. The van der Waals surface area contributed by atoms with Gasteiger partial charge in [-0.05, 0) is 68.1 Å². The molecule has 152 valence electrons. The molecule has 29 heavy (non-hydrogen) atoms. The van der Waals surface area contributed by atoms with Crippen molar-refractivity contribution in [3.63, 3.8) is 0 Å². The minimum atomic E-state index is -0.917. The third-order valence-electron chi connectivity index (χ3n) is 4.67. The highest BCUT2D eigenvalue weighted by Gasteiger charge is 2.41. The number of carbonyl (C=O) groups is 3. The number of nitrogens with one attached hydrogen (secondary N) is 2. The number of imide groups is 1. The molecule has 7 nitrogen and oxygen atoms in total. The molecular weight excluding hydrogens is 396 g/mol. The highest BCUT2D eigenvalue weighted by Crippen LogP contribution is 2.22. The highest BCUT2D eigenvalue weighted by atomic mass is 35.5. The van der Waals surface area contributed by atoms with Gasteiger partial charge in [0.2, 0.25) is 0 Å². The Morgan fingerprint density at radius 2 is 1.86 bits per heavy atom. The number of amides is 3. The summed E-state index contributed by atoms with van der Waals surface area (Å²) in [4.78, 5) is 35.1. The van der Waals surface area contributed by atoms with Crippen molar-refractivity contribution in [1.29, 1.82) is 0 Å². The van der Waals surface area contributed by atoms with E-state index in [0.29, 0.717) is 29.4 Å². The first-order chi connectivity index (χ1) is 13.7. The van der Waals surface area contributed by atoms with Crippen LogP contribution < -0.4 is 20.1 Å². The lowest BCUT2D eigenvalue weighted by Gasteiger charge is -2.20. The number of hydrogen-bond acceptors (Lipinski definition) is 5. The van der Waals surface area contributed by atoms with E-state index in [0.717, 1.165) is 11.1 Å². The number of hydrogen-bond donors (Lipinski definition) is 2. The topological polar surface area (TPSA) is 93.7 Å². The van der Waals surface area contributed by atoms with Crippen LogP contribution in [0.5, 0.6) is 11.5 Å². The fourth-order valence-electron chi connectivity index (χ4n) is 2.95. The fourth-order valence-corrected chi connectivity index (χ4v) is 3.17. The molecule has 0 saturated carbocycles. The second kappa shape index (κ2) is 8.53. The van der Waals surface area contributed by atoms with Gasteiger partial charge in [-0.15, -0.1) is 0 Å². The summed E-state index contributed by atoms with van der Waals surface area (Å²) in [5.41, 5.74) is 0.864. The molecule has 0 unspecified atom stereocenters. The summed E-state index contributed by atoms with van der Waals surface area (Å²) in [6.07, 6.45) is 1.04. The van der Waals surface area contributed by atoms with Gasteiger partial charge in [0.25, 0.3) is 5.91 Å². The monoisotopic (exact) mass is 416 g/mol. The van der Waals surface area contributed by atoms with Crippen molar-refractivity contribution in [3.8, 4) is 11.5 Å². The van der Waals surface area contributed by atoms with Crippen molar-refractivity contribution in [2.45, 2.75) is 32.2 Å².